The predicted molar refractivity (Wildman–Crippen MR) is 147 cm³/mol. The molecule has 38 heavy (non-hydrogen) atoms. The van der Waals surface area contributed by atoms with E-state index in [2.05, 4.69) is 37.4 Å². The van der Waals surface area contributed by atoms with E-state index in [1.165, 1.54) is 39.6 Å². The van der Waals surface area contributed by atoms with E-state index in [1.54, 1.807) is 18.4 Å². The Labute approximate surface area is 228 Å². The molecule has 2 amide bonds. The fourth-order valence-electron chi connectivity index (χ4n) is 4.68. The van der Waals surface area contributed by atoms with Crippen LogP contribution in [0.5, 0.6) is 5.75 Å². The van der Waals surface area contributed by atoms with Gasteiger partial charge in [0.2, 0.25) is 5.91 Å². The molecule has 2 aromatic carbocycles. The molecule has 0 saturated heterocycles. The molecule has 1 atom stereocenters. The number of ether oxygens (including phenoxy) is 2. The van der Waals surface area contributed by atoms with Crippen LogP contribution in [-0.4, -0.2) is 61.6 Å². The topological polar surface area (TPSA) is 59.1 Å². The molecule has 8 heteroatoms. The highest BCUT2D eigenvalue weighted by atomic mass is 32.1. The molecule has 3 aromatic rings. The van der Waals surface area contributed by atoms with E-state index in [-0.39, 0.29) is 24.4 Å². The van der Waals surface area contributed by atoms with Crippen molar-refractivity contribution in [2.45, 2.75) is 38.6 Å². The number of amides is 2. The highest BCUT2D eigenvalue weighted by molar-refractivity contribution is 7.10. The van der Waals surface area contributed by atoms with E-state index < -0.39 is 5.82 Å². The number of carbonyl (C=O) groups excluding carboxylic acids is 2. The summed E-state index contributed by atoms with van der Waals surface area (Å²) in [5.41, 5.74) is 2.69. The highest BCUT2D eigenvalue weighted by Gasteiger charge is 2.33. The fraction of sp³-hybridized carbons (Fsp3) is 0.400. The molecule has 1 aliphatic rings. The Balaban J connectivity index is 1.50. The van der Waals surface area contributed by atoms with Gasteiger partial charge in [-0.15, -0.1) is 11.3 Å². The first-order valence-corrected chi connectivity index (χ1v) is 13.9. The van der Waals surface area contributed by atoms with E-state index in [0.717, 1.165) is 17.7 Å². The molecule has 0 fully saturated rings. The summed E-state index contributed by atoms with van der Waals surface area (Å²) in [5.74, 6) is 0.342. The van der Waals surface area contributed by atoms with Crippen LogP contribution in [0.25, 0.3) is 0 Å². The molecule has 0 radical (unpaired) electrons. The second-order valence-electron chi connectivity index (χ2n) is 9.77. The van der Waals surface area contributed by atoms with Crippen LogP contribution in [0.15, 0.2) is 60.0 Å². The Morgan fingerprint density at radius 1 is 1.11 bits per heavy atom. The zero-order valence-corrected chi connectivity index (χ0v) is 23.0. The minimum Gasteiger partial charge on any atom is -0.491 e. The number of nitrogens with zero attached hydrogens (tertiary/aromatic N) is 2. The van der Waals surface area contributed by atoms with Crippen LogP contribution in [0.4, 0.5) is 4.39 Å². The third-order valence-corrected chi connectivity index (χ3v) is 7.85. The summed E-state index contributed by atoms with van der Waals surface area (Å²) in [7, 11) is 1.60. The molecule has 4 rings (SSSR count). The van der Waals surface area contributed by atoms with Gasteiger partial charge in [0.15, 0.2) is 0 Å². The standard InChI is InChI=1S/C30H35FN2O4S/c1-21(2)22-7-11-25(12-8-22)37-20-27-26-14-18-38-28(26)13-16-33(27)29(34)19-32(15-4-17-36-3)30(35)23-5-9-24(31)10-6-23/h5-12,14,18,21,27H,4,13,15-17,19-20H2,1-3H3/t27-/m0/s1. The maximum atomic E-state index is 13.7. The molecule has 0 spiro atoms. The lowest BCUT2D eigenvalue weighted by atomic mass is 10.00. The number of benzene rings is 2. The van der Waals surface area contributed by atoms with Crippen molar-refractivity contribution < 1.29 is 23.5 Å². The van der Waals surface area contributed by atoms with Crippen LogP contribution in [0.3, 0.4) is 0 Å². The average molecular weight is 539 g/mol. The minimum absolute atomic E-state index is 0.0705. The van der Waals surface area contributed by atoms with Gasteiger partial charge in [0.25, 0.3) is 5.91 Å². The summed E-state index contributed by atoms with van der Waals surface area (Å²) in [4.78, 5) is 31.6. The van der Waals surface area contributed by atoms with E-state index in [1.807, 2.05) is 17.0 Å². The van der Waals surface area contributed by atoms with Gasteiger partial charge in [-0.25, -0.2) is 4.39 Å². The summed E-state index contributed by atoms with van der Waals surface area (Å²) in [5, 5.41) is 2.05. The number of fused-ring (bicyclic) bond motifs is 1. The van der Waals surface area contributed by atoms with Crippen molar-refractivity contribution in [1.82, 2.24) is 9.80 Å². The summed E-state index contributed by atoms with van der Waals surface area (Å²) >= 11 is 1.70. The lowest BCUT2D eigenvalue weighted by molar-refractivity contribution is -0.135. The van der Waals surface area contributed by atoms with Crippen molar-refractivity contribution in [2.75, 3.05) is 40.0 Å². The Morgan fingerprint density at radius 3 is 2.53 bits per heavy atom. The van der Waals surface area contributed by atoms with Crippen LogP contribution in [0.2, 0.25) is 0 Å². The minimum atomic E-state index is -0.412. The van der Waals surface area contributed by atoms with Gasteiger partial charge in [-0.2, -0.15) is 0 Å². The van der Waals surface area contributed by atoms with Gasteiger partial charge in [0.1, 0.15) is 24.7 Å². The Bertz CT molecular complexity index is 1210. The highest BCUT2D eigenvalue weighted by Crippen LogP contribution is 2.34. The van der Waals surface area contributed by atoms with Crippen molar-refractivity contribution in [3.63, 3.8) is 0 Å². The first-order valence-electron chi connectivity index (χ1n) is 13.0. The van der Waals surface area contributed by atoms with E-state index in [9.17, 15) is 14.0 Å². The second kappa shape index (κ2) is 13.0. The average Bonchev–Trinajstić information content (AvgIpc) is 3.40. The van der Waals surface area contributed by atoms with Gasteiger partial charge in [0, 0.05) is 37.2 Å². The Morgan fingerprint density at radius 2 is 1.84 bits per heavy atom. The summed E-state index contributed by atoms with van der Waals surface area (Å²) in [6.07, 6.45) is 1.36. The van der Waals surface area contributed by atoms with Gasteiger partial charge in [-0.1, -0.05) is 26.0 Å². The maximum absolute atomic E-state index is 13.7. The van der Waals surface area contributed by atoms with Crippen LogP contribution in [0, 0.1) is 5.82 Å². The molecule has 2 heterocycles. The Kier molecular flexibility index (Phi) is 9.53. The van der Waals surface area contributed by atoms with Crippen LogP contribution >= 0.6 is 11.3 Å². The second-order valence-corrected chi connectivity index (χ2v) is 10.8. The summed E-state index contributed by atoms with van der Waals surface area (Å²) in [6.45, 7) is 5.94. The molecule has 202 valence electrons. The molecule has 6 nitrogen and oxygen atoms in total. The number of rotatable bonds is 11. The molecular weight excluding hydrogens is 503 g/mol. The van der Waals surface area contributed by atoms with E-state index in [4.69, 9.17) is 9.47 Å². The number of halogens is 1. The zero-order valence-electron chi connectivity index (χ0n) is 22.2. The molecule has 0 bridgehead atoms. The largest absolute Gasteiger partial charge is 0.491 e. The van der Waals surface area contributed by atoms with Crippen molar-refractivity contribution in [2.24, 2.45) is 0 Å². The summed E-state index contributed by atoms with van der Waals surface area (Å²) in [6, 6.07) is 15.3. The molecule has 0 N–H and O–H groups in total. The lowest BCUT2D eigenvalue weighted by Gasteiger charge is -2.37. The van der Waals surface area contributed by atoms with Crippen molar-refractivity contribution in [3.05, 3.63) is 87.4 Å². The first kappa shape index (κ1) is 27.8. The van der Waals surface area contributed by atoms with Gasteiger partial charge in [0.05, 0.1) is 6.04 Å². The van der Waals surface area contributed by atoms with E-state index in [0.29, 0.717) is 44.2 Å². The van der Waals surface area contributed by atoms with Crippen LogP contribution < -0.4 is 4.74 Å². The zero-order chi connectivity index (χ0) is 27.1. The fourth-order valence-corrected chi connectivity index (χ4v) is 5.61. The Hall–Kier alpha value is -3.23. The van der Waals surface area contributed by atoms with Gasteiger partial charge < -0.3 is 19.3 Å². The number of methoxy groups -OCH3 is 1. The molecule has 0 saturated carbocycles. The molecule has 0 unspecified atom stereocenters. The predicted octanol–water partition coefficient (Wildman–Crippen LogP) is 5.69. The smallest absolute Gasteiger partial charge is 0.254 e. The molecule has 0 aliphatic carbocycles. The molecule has 1 aromatic heterocycles. The molecular formula is C30H35FN2O4S. The monoisotopic (exact) mass is 538 g/mol. The van der Waals surface area contributed by atoms with Gasteiger partial charge in [-0.05, 0) is 77.7 Å². The van der Waals surface area contributed by atoms with E-state index >= 15 is 0 Å². The summed E-state index contributed by atoms with van der Waals surface area (Å²) < 4.78 is 24.8. The maximum Gasteiger partial charge on any atom is 0.254 e. The third-order valence-electron chi connectivity index (χ3n) is 6.85. The van der Waals surface area contributed by atoms with Crippen molar-refractivity contribution in [3.8, 4) is 5.75 Å². The van der Waals surface area contributed by atoms with Crippen molar-refractivity contribution >= 4 is 23.2 Å². The molecule has 1 aliphatic heterocycles. The van der Waals surface area contributed by atoms with Gasteiger partial charge >= 0.3 is 0 Å². The van der Waals surface area contributed by atoms with Gasteiger partial charge in [-0.3, -0.25) is 9.59 Å². The SMILES string of the molecule is COCCCN(CC(=O)N1CCc2sccc2[C@@H]1COc1ccc(C(C)C)cc1)C(=O)c1ccc(F)cc1. The lowest BCUT2D eigenvalue weighted by Crippen LogP contribution is -2.48. The number of carbonyl (C=O) groups is 2. The van der Waals surface area contributed by atoms with Crippen LogP contribution in [0.1, 0.15) is 58.6 Å². The van der Waals surface area contributed by atoms with Crippen LogP contribution in [-0.2, 0) is 16.0 Å². The number of thiophene rings is 1. The third kappa shape index (κ3) is 6.79. The van der Waals surface area contributed by atoms with Crippen molar-refractivity contribution in [1.29, 1.82) is 0 Å². The quantitative estimate of drug-likeness (QED) is 0.294. The number of hydrogen-bond acceptors (Lipinski definition) is 5. The normalized spacial score (nSPS) is 14.9. The first-order chi connectivity index (χ1) is 18.4. The number of hydrogen-bond donors (Lipinski definition) is 0.